The van der Waals surface area contributed by atoms with Crippen molar-refractivity contribution in [1.29, 1.82) is 5.41 Å². The van der Waals surface area contributed by atoms with Gasteiger partial charge < -0.3 is 21.5 Å². The molecular weight excluding hydrogens is 596 g/mol. The van der Waals surface area contributed by atoms with Crippen LogP contribution in [0.25, 0.3) is 21.7 Å². The van der Waals surface area contributed by atoms with Gasteiger partial charge in [0.15, 0.2) is 0 Å². The molecule has 228 valence electrons. The zero-order valence-corrected chi connectivity index (χ0v) is 24.6. The normalized spacial score (nSPS) is 10.5. The summed E-state index contributed by atoms with van der Waals surface area (Å²) in [6, 6.07) is 26.0. The number of aliphatic carboxylic acids is 1. The van der Waals surface area contributed by atoms with Gasteiger partial charge in [-0.15, -0.1) is 12.4 Å². The lowest BCUT2D eigenvalue weighted by molar-refractivity contribution is -0.137. The van der Waals surface area contributed by atoms with Crippen molar-refractivity contribution in [3.05, 3.63) is 119 Å². The number of pyridine rings is 1. The number of carbonyl (C=O) groups excluding carboxylic acids is 3. The van der Waals surface area contributed by atoms with E-state index >= 15 is 0 Å². The largest absolute Gasteiger partial charge is 0.480 e. The topological polar surface area (TPSA) is 179 Å². The number of para-hydroxylation sites is 1. The SMILES string of the molecule is Cl.N=C(N)c1ccc(CNC(=O)c2cccc3cc(N(CC(=O)NCC(=O)O)C(=O)c4cccc5cccnc45)ccc23)cc1. The van der Waals surface area contributed by atoms with Gasteiger partial charge in [0, 0.05) is 34.9 Å². The number of hydrogen-bond donors (Lipinski definition) is 5. The van der Waals surface area contributed by atoms with Gasteiger partial charge in [-0.25, -0.2) is 0 Å². The number of amidine groups is 1. The fourth-order valence-corrected chi connectivity index (χ4v) is 4.79. The van der Waals surface area contributed by atoms with E-state index < -0.39 is 30.9 Å². The minimum atomic E-state index is -1.21. The predicted molar refractivity (Wildman–Crippen MR) is 174 cm³/mol. The molecule has 0 aliphatic heterocycles. The van der Waals surface area contributed by atoms with Crippen LogP contribution in [0.2, 0.25) is 0 Å². The van der Waals surface area contributed by atoms with Crippen LogP contribution in [-0.4, -0.2) is 52.7 Å². The maximum atomic E-state index is 13.9. The van der Waals surface area contributed by atoms with E-state index in [9.17, 15) is 19.2 Å². The Hall–Kier alpha value is -5.81. The third-order valence-electron chi connectivity index (χ3n) is 6.99. The number of rotatable bonds is 10. The summed E-state index contributed by atoms with van der Waals surface area (Å²) >= 11 is 0. The maximum absolute atomic E-state index is 13.9. The predicted octanol–water partition coefficient (Wildman–Crippen LogP) is 3.87. The maximum Gasteiger partial charge on any atom is 0.322 e. The van der Waals surface area contributed by atoms with E-state index in [0.717, 1.165) is 10.9 Å². The second-order valence-corrected chi connectivity index (χ2v) is 9.95. The van der Waals surface area contributed by atoms with Gasteiger partial charge in [-0.3, -0.25) is 34.5 Å². The first-order valence-electron chi connectivity index (χ1n) is 13.6. The number of hydrogen-bond acceptors (Lipinski definition) is 6. The number of benzene rings is 4. The fourth-order valence-electron chi connectivity index (χ4n) is 4.79. The number of nitrogen functional groups attached to an aromatic ring is 1. The first kappa shape index (κ1) is 32.1. The molecular formula is C33H29ClN6O5. The van der Waals surface area contributed by atoms with Crippen molar-refractivity contribution >= 4 is 69.3 Å². The number of fused-ring (bicyclic) bond motifs is 2. The van der Waals surface area contributed by atoms with Crippen LogP contribution in [0, 0.1) is 5.41 Å². The molecule has 0 atom stereocenters. The summed E-state index contributed by atoms with van der Waals surface area (Å²) in [5.41, 5.74) is 8.48. The van der Waals surface area contributed by atoms with Crippen LogP contribution >= 0.6 is 12.4 Å². The molecule has 0 fully saturated rings. The highest BCUT2D eigenvalue weighted by Crippen LogP contribution is 2.27. The molecule has 0 spiro atoms. The standard InChI is InChI=1S/C33H28N6O5.ClH/c34-31(35)22-11-9-20(10-12-22)17-38-32(43)26-7-2-5-23-16-24(13-14-25(23)26)39(19-28(40)37-18-29(41)42)33(44)27-8-1-4-21-6-3-15-36-30(21)27;/h1-16H,17-19H2,(H3,34,35)(H,37,40)(H,38,43)(H,41,42);1H. The third kappa shape index (κ3) is 7.40. The number of amides is 3. The fraction of sp³-hybridized carbons (Fsp3) is 0.0909. The number of anilines is 1. The lowest BCUT2D eigenvalue weighted by Crippen LogP contribution is -2.42. The highest BCUT2D eigenvalue weighted by atomic mass is 35.5. The van der Waals surface area contributed by atoms with E-state index in [-0.39, 0.29) is 36.3 Å². The molecule has 1 heterocycles. The van der Waals surface area contributed by atoms with Gasteiger partial charge in [-0.05, 0) is 46.7 Å². The van der Waals surface area contributed by atoms with Gasteiger partial charge in [-0.2, -0.15) is 0 Å². The molecule has 0 aliphatic rings. The Balaban J connectivity index is 0.00000461. The van der Waals surface area contributed by atoms with Gasteiger partial charge >= 0.3 is 5.97 Å². The number of nitrogens with zero attached hydrogens (tertiary/aromatic N) is 2. The van der Waals surface area contributed by atoms with Crippen LogP contribution in [0.15, 0.2) is 97.2 Å². The zero-order valence-electron chi connectivity index (χ0n) is 23.8. The number of carbonyl (C=O) groups is 4. The van der Waals surface area contributed by atoms with E-state index in [1.807, 2.05) is 12.1 Å². The molecule has 0 aliphatic carbocycles. The van der Waals surface area contributed by atoms with Gasteiger partial charge in [0.1, 0.15) is 18.9 Å². The zero-order chi connectivity index (χ0) is 31.2. The first-order chi connectivity index (χ1) is 21.2. The van der Waals surface area contributed by atoms with Crippen molar-refractivity contribution in [2.24, 2.45) is 5.73 Å². The van der Waals surface area contributed by atoms with Crippen molar-refractivity contribution in [1.82, 2.24) is 15.6 Å². The average molecular weight is 625 g/mol. The second kappa shape index (κ2) is 14.1. The molecule has 0 bridgehead atoms. The quantitative estimate of drug-likeness (QED) is 0.116. The molecule has 0 radical (unpaired) electrons. The van der Waals surface area contributed by atoms with E-state index in [2.05, 4.69) is 15.6 Å². The lowest BCUT2D eigenvalue weighted by atomic mass is 10.0. The molecule has 1 aromatic heterocycles. The van der Waals surface area contributed by atoms with Gasteiger partial charge in [-0.1, -0.05) is 60.7 Å². The number of carboxylic acids is 1. The van der Waals surface area contributed by atoms with Crippen LogP contribution in [0.5, 0.6) is 0 Å². The number of carboxylic acid groups (broad SMARTS) is 1. The smallest absolute Gasteiger partial charge is 0.322 e. The van der Waals surface area contributed by atoms with E-state index in [0.29, 0.717) is 33.1 Å². The molecule has 6 N–H and O–H groups in total. The molecule has 12 heteroatoms. The van der Waals surface area contributed by atoms with Crippen LogP contribution in [-0.2, 0) is 16.1 Å². The molecule has 4 aromatic carbocycles. The van der Waals surface area contributed by atoms with Crippen LogP contribution in [0.1, 0.15) is 31.8 Å². The van der Waals surface area contributed by atoms with Crippen molar-refractivity contribution in [2.45, 2.75) is 6.54 Å². The van der Waals surface area contributed by atoms with Crippen molar-refractivity contribution in [3.8, 4) is 0 Å². The molecule has 5 aromatic rings. The van der Waals surface area contributed by atoms with Crippen molar-refractivity contribution in [3.63, 3.8) is 0 Å². The van der Waals surface area contributed by atoms with E-state index in [1.54, 1.807) is 85.1 Å². The van der Waals surface area contributed by atoms with E-state index in [1.165, 1.54) is 4.90 Å². The summed E-state index contributed by atoms with van der Waals surface area (Å²) in [5, 5.41) is 23.8. The van der Waals surface area contributed by atoms with Crippen molar-refractivity contribution in [2.75, 3.05) is 18.0 Å². The highest BCUT2D eigenvalue weighted by molar-refractivity contribution is 6.15. The number of nitrogens with one attached hydrogen (secondary N) is 3. The Morgan fingerprint density at radius 3 is 2.24 bits per heavy atom. The minimum Gasteiger partial charge on any atom is -0.480 e. The van der Waals surface area contributed by atoms with E-state index in [4.69, 9.17) is 16.2 Å². The third-order valence-corrected chi connectivity index (χ3v) is 6.99. The minimum absolute atomic E-state index is 0. The monoisotopic (exact) mass is 624 g/mol. The molecule has 45 heavy (non-hydrogen) atoms. The first-order valence-corrected chi connectivity index (χ1v) is 13.6. The Kier molecular flexibility index (Phi) is 10.1. The van der Waals surface area contributed by atoms with Crippen LogP contribution in [0.3, 0.4) is 0 Å². The Morgan fingerprint density at radius 2 is 1.53 bits per heavy atom. The Morgan fingerprint density at radius 1 is 0.844 bits per heavy atom. The molecule has 3 amide bonds. The van der Waals surface area contributed by atoms with Gasteiger partial charge in [0.25, 0.3) is 11.8 Å². The second-order valence-electron chi connectivity index (χ2n) is 9.95. The molecule has 5 rings (SSSR count). The molecule has 0 unspecified atom stereocenters. The number of nitrogens with two attached hydrogens (primary N) is 1. The molecule has 0 saturated heterocycles. The molecule has 0 saturated carbocycles. The summed E-state index contributed by atoms with van der Waals surface area (Å²) in [7, 11) is 0. The number of aromatic nitrogens is 1. The summed E-state index contributed by atoms with van der Waals surface area (Å²) < 4.78 is 0. The highest BCUT2D eigenvalue weighted by Gasteiger charge is 2.24. The number of halogens is 1. The van der Waals surface area contributed by atoms with Gasteiger partial charge in [0.2, 0.25) is 5.91 Å². The Labute approximate surface area is 264 Å². The Bertz CT molecular complexity index is 1920. The van der Waals surface area contributed by atoms with Crippen LogP contribution in [0.4, 0.5) is 5.69 Å². The van der Waals surface area contributed by atoms with Crippen LogP contribution < -0.4 is 21.3 Å². The summed E-state index contributed by atoms with van der Waals surface area (Å²) in [4.78, 5) is 56.5. The summed E-state index contributed by atoms with van der Waals surface area (Å²) in [6.07, 6.45) is 1.58. The lowest BCUT2D eigenvalue weighted by Gasteiger charge is -2.23. The average Bonchev–Trinajstić information content (AvgIpc) is 3.04. The van der Waals surface area contributed by atoms with Crippen molar-refractivity contribution < 1.29 is 24.3 Å². The summed E-state index contributed by atoms with van der Waals surface area (Å²) in [5.74, 6) is -2.70. The van der Waals surface area contributed by atoms with Gasteiger partial charge in [0.05, 0.1) is 11.1 Å². The molecule has 11 nitrogen and oxygen atoms in total. The summed E-state index contributed by atoms with van der Waals surface area (Å²) in [6.45, 7) is -0.768.